The third kappa shape index (κ3) is 4.31. The van der Waals surface area contributed by atoms with Crippen LogP contribution in [0.2, 0.25) is 0 Å². The molecule has 0 atom stereocenters. The lowest BCUT2D eigenvalue weighted by Crippen LogP contribution is -2.09. The summed E-state index contributed by atoms with van der Waals surface area (Å²) in [4.78, 5) is 4.40. The molecule has 1 heterocycles. The minimum absolute atomic E-state index is 0.229. The van der Waals surface area contributed by atoms with E-state index in [9.17, 15) is 10.5 Å². The molecular weight excluding hydrogens is 466 g/mol. The van der Waals surface area contributed by atoms with E-state index in [1.54, 1.807) is 25.6 Å². The number of hydrogen-bond donors (Lipinski definition) is 0. The third-order valence-electron chi connectivity index (χ3n) is 6.32. The van der Waals surface area contributed by atoms with Crippen LogP contribution in [0, 0.1) is 22.7 Å². The lowest BCUT2D eigenvalue weighted by molar-refractivity contribution is 0.415. The van der Waals surface area contributed by atoms with Crippen molar-refractivity contribution in [2.24, 2.45) is 0 Å². The number of fused-ring (bicyclic) bond motifs is 1. The molecule has 36 heavy (non-hydrogen) atoms. The number of ether oxygens (including phenoxy) is 2. The number of hydrogen-bond acceptors (Lipinski definition) is 6. The first-order chi connectivity index (χ1) is 17.6. The van der Waals surface area contributed by atoms with E-state index in [1.165, 1.54) is 5.56 Å². The third-order valence-corrected chi connectivity index (χ3v) is 7.61. The van der Waals surface area contributed by atoms with E-state index >= 15 is 0 Å². The smallest absolute Gasteiger partial charge is 0.134 e. The summed E-state index contributed by atoms with van der Waals surface area (Å²) in [6, 6.07) is 30.7. The quantitative estimate of drug-likeness (QED) is 0.260. The Bertz CT molecular complexity index is 1440. The minimum atomic E-state index is 0.229. The van der Waals surface area contributed by atoms with Crippen LogP contribution >= 0.6 is 11.3 Å². The largest absolute Gasteiger partial charge is 0.497 e. The average molecular weight is 490 g/mol. The molecule has 0 amide bonds. The van der Waals surface area contributed by atoms with Crippen molar-refractivity contribution >= 4 is 34.0 Å². The number of anilines is 3. The van der Waals surface area contributed by atoms with Crippen molar-refractivity contribution in [3.63, 3.8) is 0 Å². The Morgan fingerprint density at radius 3 is 1.72 bits per heavy atom. The Morgan fingerprint density at radius 2 is 1.25 bits per heavy atom. The van der Waals surface area contributed by atoms with Gasteiger partial charge in [0.25, 0.3) is 0 Å². The summed E-state index contributed by atoms with van der Waals surface area (Å²) < 4.78 is 10.7. The van der Waals surface area contributed by atoms with Crippen molar-refractivity contribution in [2.75, 3.05) is 19.1 Å². The van der Waals surface area contributed by atoms with Gasteiger partial charge in [0.15, 0.2) is 0 Å². The monoisotopic (exact) mass is 489 g/mol. The maximum Gasteiger partial charge on any atom is 0.134 e. The number of methoxy groups -OCH3 is 2. The molecule has 0 unspecified atom stereocenters. The fraction of sp³-hybridized carbons (Fsp3) is 0.133. The van der Waals surface area contributed by atoms with Crippen molar-refractivity contribution in [1.29, 1.82) is 10.5 Å². The number of thiophene rings is 1. The lowest BCUT2D eigenvalue weighted by atomic mass is 10.1. The SMILES string of the molecule is COc1ccc(N(c2ccc(OC)cc2)c2ccc(-c3cc4c(s3)C(=C(C#N)C#N)CC4)cc2)cc1. The second-order valence-electron chi connectivity index (χ2n) is 8.32. The first kappa shape index (κ1) is 23.2. The van der Waals surface area contributed by atoms with Crippen LogP contribution in [0.5, 0.6) is 11.5 Å². The Hall–Kier alpha value is -4.52. The Morgan fingerprint density at radius 1 is 0.750 bits per heavy atom. The molecule has 0 radical (unpaired) electrons. The van der Waals surface area contributed by atoms with Crippen LogP contribution in [-0.4, -0.2) is 14.2 Å². The van der Waals surface area contributed by atoms with Crippen LogP contribution < -0.4 is 14.4 Å². The molecule has 3 aromatic carbocycles. The van der Waals surface area contributed by atoms with E-state index in [1.807, 2.05) is 48.5 Å². The summed E-state index contributed by atoms with van der Waals surface area (Å²) in [5.74, 6) is 1.61. The van der Waals surface area contributed by atoms with Crippen LogP contribution in [0.3, 0.4) is 0 Å². The molecule has 176 valence electrons. The van der Waals surface area contributed by atoms with Gasteiger partial charge in [-0.15, -0.1) is 11.3 Å². The lowest BCUT2D eigenvalue weighted by Gasteiger charge is -2.26. The first-order valence-corrected chi connectivity index (χ1v) is 12.3. The average Bonchev–Trinajstić information content (AvgIpc) is 3.53. The maximum atomic E-state index is 9.32. The van der Waals surface area contributed by atoms with Crippen molar-refractivity contribution < 1.29 is 9.47 Å². The maximum absolute atomic E-state index is 9.32. The van der Waals surface area contributed by atoms with E-state index in [0.717, 1.165) is 62.3 Å². The van der Waals surface area contributed by atoms with Gasteiger partial charge in [-0.1, -0.05) is 12.1 Å². The van der Waals surface area contributed by atoms with Crippen molar-refractivity contribution in [1.82, 2.24) is 0 Å². The molecule has 0 aliphatic heterocycles. The van der Waals surface area contributed by atoms with Gasteiger partial charge in [0.2, 0.25) is 0 Å². The zero-order chi connectivity index (χ0) is 25.1. The van der Waals surface area contributed by atoms with Crippen LogP contribution in [0.25, 0.3) is 16.0 Å². The highest BCUT2D eigenvalue weighted by atomic mass is 32.1. The number of nitrogens with zero attached hydrogens (tertiary/aromatic N) is 3. The van der Waals surface area contributed by atoms with Gasteiger partial charge in [0, 0.05) is 26.8 Å². The first-order valence-electron chi connectivity index (χ1n) is 11.5. The highest BCUT2D eigenvalue weighted by molar-refractivity contribution is 7.16. The highest BCUT2D eigenvalue weighted by Crippen LogP contribution is 2.44. The number of nitriles is 2. The predicted octanol–water partition coefficient (Wildman–Crippen LogP) is 7.65. The molecule has 0 bridgehead atoms. The standard InChI is InChI=1S/C30H23N3O2S/c1-34-26-12-8-24(9-13-26)33(25-10-14-27(35-2)15-11-25)23-6-3-20(4-7-23)29-17-21-5-16-28(30(21)36-29)22(18-31)19-32/h3-4,6-15,17H,5,16H2,1-2H3. The molecule has 1 aliphatic rings. The molecule has 6 heteroatoms. The summed E-state index contributed by atoms with van der Waals surface area (Å²) in [6.07, 6.45) is 1.63. The molecule has 0 saturated heterocycles. The molecule has 0 spiro atoms. The Kier molecular flexibility index (Phi) is 6.45. The van der Waals surface area contributed by atoms with Gasteiger partial charge in [0.1, 0.15) is 29.2 Å². The number of aryl methyl sites for hydroxylation is 1. The van der Waals surface area contributed by atoms with E-state index in [-0.39, 0.29) is 5.57 Å². The molecule has 4 aromatic rings. The van der Waals surface area contributed by atoms with E-state index in [0.29, 0.717) is 0 Å². The van der Waals surface area contributed by atoms with Crippen molar-refractivity contribution in [2.45, 2.75) is 12.8 Å². The summed E-state index contributed by atoms with van der Waals surface area (Å²) >= 11 is 1.66. The van der Waals surface area contributed by atoms with Gasteiger partial charge in [-0.05, 0) is 96.3 Å². The molecule has 0 N–H and O–H groups in total. The molecule has 5 nitrogen and oxygen atoms in total. The minimum Gasteiger partial charge on any atom is -0.497 e. The van der Waals surface area contributed by atoms with Gasteiger partial charge in [-0.3, -0.25) is 0 Å². The predicted molar refractivity (Wildman–Crippen MR) is 144 cm³/mol. The van der Waals surface area contributed by atoms with Crippen molar-refractivity contribution in [3.05, 3.63) is 94.9 Å². The summed E-state index contributed by atoms with van der Waals surface area (Å²) in [5.41, 5.74) is 6.49. The topological polar surface area (TPSA) is 69.3 Å². The zero-order valence-electron chi connectivity index (χ0n) is 20.0. The molecule has 5 rings (SSSR count). The van der Waals surface area contributed by atoms with Gasteiger partial charge in [0.05, 0.1) is 14.2 Å². The van der Waals surface area contributed by atoms with Crippen molar-refractivity contribution in [3.8, 4) is 34.1 Å². The number of rotatable bonds is 6. The Labute approximate surface area is 214 Å². The second kappa shape index (κ2) is 10.00. The van der Waals surface area contributed by atoms with Crippen LogP contribution in [0.15, 0.2) is 84.4 Å². The Balaban J connectivity index is 1.51. The van der Waals surface area contributed by atoms with E-state index < -0.39 is 0 Å². The van der Waals surface area contributed by atoms with Crippen LogP contribution in [0.4, 0.5) is 17.1 Å². The molecule has 0 fully saturated rings. The number of benzene rings is 3. The summed E-state index contributed by atoms with van der Waals surface area (Å²) in [5, 5.41) is 18.6. The van der Waals surface area contributed by atoms with Gasteiger partial charge in [-0.2, -0.15) is 10.5 Å². The van der Waals surface area contributed by atoms with E-state index in [2.05, 4.69) is 47.4 Å². The molecule has 1 aliphatic carbocycles. The number of allylic oxidation sites excluding steroid dienone is 2. The van der Waals surface area contributed by atoms with Gasteiger partial charge >= 0.3 is 0 Å². The second-order valence-corrected chi connectivity index (χ2v) is 9.37. The van der Waals surface area contributed by atoms with Gasteiger partial charge < -0.3 is 14.4 Å². The normalized spacial score (nSPS) is 11.8. The van der Waals surface area contributed by atoms with Crippen LogP contribution in [-0.2, 0) is 6.42 Å². The summed E-state index contributed by atoms with van der Waals surface area (Å²) in [7, 11) is 3.32. The molecular formula is C30H23N3O2S. The molecule has 1 aromatic heterocycles. The fourth-order valence-corrected chi connectivity index (χ4v) is 5.76. The zero-order valence-corrected chi connectivity index (χ0v) is 20.8. The fourth-order valence-electron chi connectivity index (χ4n) is 4.47. The van der Waals surface area contributed by atoms with E-state index in [4.69, 9.17) is 9.47 Å². The van der Waals surface area contributed by atoms with Crippen LogP contribution in [0.1, 0.15) is 16.9 Å². The highest BCUT2D eigenvalue weighted by Gasteiger charge is 2.24. The van der Waals surface area contributed by atoms with Gasteiger partial charge in [-0.25, -0.2) is 0 Å². The summed E-state index contributed by atoms with van der Waals surface area (Å²) in [6.45, 7) is 0. The molecule has 0 saturated carbocycles.